The Labute approximate surface area is 158 Å². The first-order valence-corrected chi connectivity index (χ1v) is 8.90. The van der Waals surface area contributed by atoms with E-state index in [0.29, 0.717) is 5.69 Å². The molecule has 0 aromatic heterocycles. The Bertz CT molecular complexity index is 827. The van der Waals surface area contributed by atoms with Gasteiger partial charge in [-0.05, 0) is 37.3 Å². The van der Waals surface area contributed by atoms with Crippen molar-refractivity contribution in [3.63, 3.8) is 0 Å². The fraction of sp³-hybridized carbons (Fsp3) is 0.222. The van der Waals surface area contributed by atoms with Crippen molar-refractivity contribution in [2.45, 2.75) is 24.0 Å². The van der Waals surface area contributed by atoms with Crippen molar-refractivity contribution in [3.05, 3.63) is 54.1 Å². The molecular weight excluding hydrogens is 379 g/mol. The molecule has 0 aliphatic rings. The van der Waals surface area contributed by atoms with Crippen molar-refractivity contribution in [1.29, 1.82) is 0 Å². The van der Waals surface area contributed by atoms with Crippen LogP contribution in [0.15, 0.2) is 53.4 Å². The molecule has 0 bridgehead atoms. The molecule has 0 aliphatic carbocycles. The number of carbonyl (C=O) groups is 2. The van der Waals surface area contributed by atoms with E-state index in [4.69, 9.17) is 5.73 Å². The number of hydrogen-bond acceptors (Lipinski definition) is 4. The van der Waals surface area contributed by atoms with E-state index in [9.17, 15) is 22.8 Å². The minimum Gasteiger partial charge on any atom is -0.373 e. The van der Waals surface area contributed by atoms with Crippen LogP contribution in [0.3, 0.4) is 0 Å². The van der Waals surface area contributed by atoms with E-state index in [-0.39, 0.29) is 11.4 Å². The molecule has 0 radical (unpaired) electrons. The Balaban J connectivity index is 2.05. The van der Waals surface area contributed by atoms with Gasteiger partial charge in [0.15, 0.2) is 0 Å². The minimum atomic E-state index is -4.48. The predicted octanol–water partition coefficient (Wildman–Crippen LogP) is 3.72. The Kier molecular flexibility index (Phi) is 6.73. The number of primary amides is 1. The lowest BCUT2D eigenvalue weighted by Crippen LogP contribution is -2.32. The summed E-state index contributed by atoms with van der Waals surface area (Å²) in [6.07, 6.45) is -4.48. The molecule has 2 rings (SSSR count). The second kappa shape index (κ2) is 8.81. The van der Waals surface area contributed by atoms with Crippen LogP contribution in [0, 0.1) is 0 Å². The van der Waals surface area contributed by atoms with Gasteiger partial charge in [-0.15, -0.1) is 11.8 Å². The molecule has 0 spiro atoms. The molecule has 0 saturated heterocycles. The third-order valence-electron chi connectivity index (χ3n) is 3.48. The van der Waals surface area contributed by atoms with Crippen molar-refractivity contribution in [2.24, 2.45) is 5.73 Å². The third kappa shape index (κ3) is 6.21. The van der Waals surface area contributed by atoms with Gasteiger partial charge in [-0.1, -0.05) is 18.2 Å². The number of thioether (sulfide) groups is 1. The highest BCUT2D eigenvalue weighted by Crippen LogP contribution is 2.31. The van der Waals surface area contributed by atoms with Gasteiger partial charge in [-0.2, -0.15) is 13.2 Å². The van der Waals surface area contributed by atoms with Crippen molar-refractivity contribution in [3.8, 4) is 0 Å². The third-order valence-corrected chi connectivity index (χ3v) is 4.58. The Hall–Kier alpha value is -2.68. The molecule has 0 aliphatic heterocycles. The topological polar surface area (TPSA) is 84.2 Å². The van der Waals surface area contributed by atoms with Crippen LogP contribution in [0.25, 0.3) is 0 Å². The highest BCUT2D eigenvalue weighted by molar-refractivity contribution is 8.00. The van der Waals surface area contributed by atoms with Crippen LogP contribution in [0.5, 0.6) is 0 Å². The lowest BCUT2D eigenvalue weighted by atomic mass is 10.2. The molecule has 9 heteroatoms. The average Bonchev–Trinajstić information content (AvgIpc) is 2.60. The van der Waals surface area contributed by atoms with E-state index in [0.717, 1.165) is 17.0 Å². The van der Waals surface area contributed by atoms with Gasteiger partial charge in [0.05, 0.1) is 11.3 Å². The molecule has 144 valence electrons. The van der Waals surface area contributed by atoms with Gasteiger partial charge in [-0.25, -0.2) is 0 Å². The molecule has 0 saturated carbocycles. The summed E-state index contributed by atoms with van der Waals surface area (Å²) < 4.78 is 38.3. The van der Waals surface area contributed by atoms with Crippen LogP contribution in [-0.2, 0) is 15.8 Å². The monoisotopic (exact) mass is 397 g/mol. The first-order valence-electron chi connectivity index (χ1n) is 7.91. The summed E-state index contributed by atoms with van der Waals surface area (Å²) in [6.45, 7) is 1.58. The van der Waals surface area contributed by atoms with E-state index in [1.54, 1.807) is 31.2 Å². The van der Waals surface area contributed by atoms with Crippen molar-refractivity contribution in [2.75, 3.05) is 16.4 Å². The summed E-state index contributed by atoms with van der Waals surface area (Å²) in [5.41, 5.74) is 4.98. The van der Waals surface area contributed by atoms with Gasteiger partial charge < -0.3 is 16.4 Å². The maximum atomic E-state index is 12.8. The van der Waals surface area contributed by atoms with Gasteiger partial charge in [0, 0.05) is 16.3 Å². The highest BCUT2D eigenvalue weighted by Gasteiger charge is 2.30. The zero-order valence-corrected chi connectivity index (χ0v) is 15.2. The summed E-state index contributed by atoms with van der Waals surface area (Å²) in [5.74, 6) is -0.877. The van der Waals surface area contributed by atoms with Crippen molar-refractivity contribution < 1.29 is 22.8 Å². The van der Waals surface area contributed by atoms with Crippen LogP contribution in [0.1, 0.15) is 12.5 Å². The zero-order chi connectivity index (χ0) is 20.0. The second-order valence-corrected chi connectivity index (χ2v) is 6.70. The van der Waals surface area contributed by atoms with E-state index in [1.807, 2.05) is 0 Å². The maximum absolute atomic E-state index is 12.8. The average molecular weight is 397 g/mol. The summed E-state index contributed by atoms with van der Waals surface area (Å²) in [5, 5.41) is 5.45. The standard InChI is InChI=1S/C18H18F3N3O2S/c1-11(23-14-7-2-3-8-15(14)27-10-16(22)25)17(26)24-13-6-4-5-12(9-13)18(19,20)21/h2-9,11,23H,10H2,1H3,(H2,22,25)(H,24,26). The second-order valence-electron chi connectivity index (χ2n) is 5.68. The number of halogens is 3. The number of rotatable bonds is 7. The molecule has 1 atom stereocenters. The number of para-hydroxylation sites is 1. The first kappa shape index (κ1) is 20.6. The van der Waals surface area contributed by atoms with Gasteiger partial charge >= 0.3 is 6.18 Å². The number of benzene rings is 2. The highest BCUT2D eigenvalue weighted by atomic mass is 32.2. The fourth-order valence-electron chi connectivity index (χ4n) is 2.18. The quantitative estimate of drug-likeness (QED) is 0.622. The van der Waals surface area contributed by atoms with E-state index in [2.05, 4.69) is 10.6 Å². The van der Waals surface area contributed by atoms with Crippen molar-refractivity contribution in [1.82, 2.24) is 0 Å². The molecular formula is C18H18F3N3O2S. The number of carbonyl (C=O) groups excluding carboxylic acids is 2. The molecule has 0 heterocycles. The number of nitrogens with one attached hydrogen (secondary N) is 2. The summed E-state index contributed by atoms with van der Waals surface area (Å²) in [4.78, 5) is 24.0. The number of alkyl halides is 3. The van der Waals surface area contributed by atoms with Crippen LogP contribution in [-0.4, -0.2) is 23.6 Å². The number of amides is 2. The Morgan fingerprint density at radius 2 is 1.85 bits per heavy atom. The lowest BCUT2D eigenvalue weighted by molar-refractivity contribution is -0.137. The van der Waals surface area contributed by atoms with E-state index in [1.165, 1.54) is 23.9 Å². The number of anilines is 2. The largest absolute Gasteiger partial charge is 0.416 e. The maximum Gasteiger partial charge on any atom is 0.416 e. The molecule has 2 aromatic rings. The van der Waals surface area contributed by atoms with Crippen LogP contribution < -0.4 is 16.4 Å². The summed E-state index contributed by atoms with van der Waals surface area (Å²) in [7, 11) is 0. The molecule has 4 N–H and O–H groups in total. The molecule has 5 nitrogen and oxygen atoms in total. The number of hydrogen-bond donors (Lipinski definition) is 3. The lowest BCUT2D eigenvalue weighted by Gasteiger charge is -2.18. The predicted molar refractivity (Wildman–Crippen MR) is 99.5 cm³/mol. The first-order chi connectivity index (χ1) is 12.7. The smallest absolute Gasteiger partial charge is 0.373 e. The van der Waals surface area contributed by atoms with Crippen LogP contribution in [0.4, 0.5) is 24.5 Å². The minimum absolute atomic E-state index is 0.0554. The fourth-order valence-corrected chi connectivity index (χ4v) is 2.94. The Morgan fingerprint density at radius 1 is 1.15 bits per heavy atom. The summed E-state index contributed by atoms with van der Waals surface area (Å²) >= 11 is 1.22. The van der Waals surface area contributed by atoms with E-state index < -0.39 is 29.6 Å². The molecule has 1 unspecified atom stereocenters. The molecule has 27 heavy (non-hydrogen) atoms. The van der Waals surface area contributed by atoms with Gasteiger partial charge in [0.1, 0.15) is 6.04 Å². The van der Waals surface area contributed by atoms with Gasteiger partial charge in [0.2, 0.25) is 11.8 Å². The van der Waals surface area contributed by atoms with Gasteiger partial charge in [-0.3, -0.25) is 9.59 Å². The van der Waals surface area contributed by atoms with Crippen LogP contribution in [0.2, 0.25) is 0 Å². The normalized spacial score (nSPS) is 12.3. The Morgan fingerprint density at radius 3 is 2.52 bits per heavy atom. The molecule has 2 aromatic carbocycles. The SMILES string of the molecule is CC(Nc1ccccc1SCC(N)=O)C(=O)Nc1cccc(C(F)(F)F)c1. The van der Waals surface area contributed by atoms with Gasteiger partial charge in [0.25, 0.3) is 0 Å². The molecule has 0 fully saturated rings. The van der Waals surface area contributed by atoms with Crippen molar-refractivity contribution >= 4 is 35.0 Å². The summed E-state index contributed by atoms with van der Waals surface area (Å²) in [6, 6.07) is 10.7. The number of nitrogens with two attached hydrogens (primary N) is 1. The molecule has 2 amide bonds. The van der Waals surface area contributed by atoms with Crippen LogP contribution >= 0.6 is 11.8 Å². The zero-order valence-electron chi connectivity index (χ0n) is 14.3. The van der Waals surface area contributed by atoms with E-state index >= 15 is 0 Å².